The average molecular weight is 236 g/mol. The van der Waals surface area contributed by atoms with Crippen molar-refractivity contribution in [3.8, 4) is 0 Å². The zero-order chi connectivity index (χ0) is 12.0. The smallest absolute Gasteiger partial charge is 0.317 e. The molecule has 2 saturated heterocycles. The molecule has 0 bridgehead atoms. The summed E-state index contributed by atoms with van der Waals surface area (Å²) in [4.78, 5) is 22.7. The number of hydrogen-bond acceptors (Lipinski definition) is 4. The maximum atomic E-state index is 11.6. The molecule has 92 valence electrons. The molecule has 0 amide bonds. The highest BCUT2D eigenvalue weighted by Gasteiger charge is 2.43. The third-order valence-electron chi connectivity index (χ3n) is 4.26. The fourth-order valence-corrected chi connectivity index (χ4v) is 3.31. The quantitative estimate of drug-likeness (QED) is 0.391. The molecule has 4 nitrogen and oxygen atoms in total. The molecule has 2 heterocycles. The van der Waals surface area contributed by atoms with Crippen LogP contribution in [-0.4, -0.2) is 25.2 Å². The van der Waals surface area contributed by atoms with E-state index in [4.69, 9.17) is 4.74 Å². The molecule has 3 rings (SSSR count). The van der Waals surface area contributed by atoms with E-state index < -0.39 is 0 Å². The van der Waals surface area contributed by atoms with Gasteiger partial charge in [0.2, 0.25) is 0 Å². The van der Waals surface area contributed by atoms with Crippen molar-refractivity contribution in [3.05, 3.63) is 11.6 Å². The number of cyclic esters (lactones) is 2. The van der Waals surface area contributed by atoms with E-state index in [9.17, 15) is 9.59 Å². The van der Waals surface area contributed by atoms with E-state index in [-0.39, 0.29) is 30.2 Å². The Morgan fingerprint density at radius 3 is 2.76 bits per heavy atom. The number of rotatable bonds is 1. The van der Waals surface area contributed by atoms with E-state index in [0.29, 0.717) is 11.8 Å². The topological polar surface area (TPSA) is 52.6 Å². The molecule has 0 N–H and O–H groups in total. The molecule has 0 saturated carbocycles. The summed E-state index contributed by atoms with van der Waals surface area (Å²) in [5.41, 5.74) is 1.30. The van der Waals surface area contributed by atoms with Gasteiger partial charge in [-0.15, -0.1) is 0 Å². The average Bonchev–Trinajstić information content (AvgIpc) is 2.84. The molecule has 1 aliphatic carbocycles. The lowest BCUT2D eigenvalue weighted by atomic mass is 9.72. The van der Waals surface area contributed by atoms with Crippen LogP contribution in [0.15, 0.2) is 11.6 Å². The van der Waals surface area contributed by atoms with Crippen molar-refractivity contribution < 1.29 is 19.1 Å². The highest BCUT2D eigenvalue weighted by molar-refractivity contribution is 5.94. The SMILES string of the molecule is CC1=CC(C2CC(=O)OC2=O)CC2COCC12. The van der Waals surface area contributed by atoms with Crippen molar-refractivity contribution in [2.45, 2.75) is 19.8 Å². The summed E-state index contributed by atoms with van der Waals surface area (Å²) in [6.45, 7) is 3.68. The van der Waals surface area contributed by atoms with E-state index in [2.05, 4.69) is 17.7 Å². The minimum atomic E-state index is -0.379. The third kappa shape index (κ3) is 1.80. The van der Waals surface area contributed by atoms with Gasteiger partial charge in [-0.05, 0) is 25.2 Å². The monoisotopic (exact) mass is 236 g/mol. The molecule has 3 aliphatic rings. The highest BCUT2D eigenvalue weighted by Crippen LogP contribution is 2.42. The van der Waals surface area contributed by atoms with Crippen molar-refractivity contribution in [1.82, 2.24) is 0 Å². The first-order chi connectivity index (χ1) is 8.15. The van der Waals surface area contributed by atoms with Gasteiger partial charge in [-0.25, -0.2) is 0 Å². The number of esters is 2. The normalized spacial score (nSPS) is 41.1. The van der Waals surface area contributed by atoms with Crippen LogP contribution in [0.3, 0.4) is 0 Å². The van der Waals surface area contributed by atoms with Gasteiger partial charge in [0, 0.05) is 5.92 Å². The predicted octanol–water partition coefficient (Wildman–Crippen LogP) is 1.30. The highest BCUT2D eigenvalue weighted by atomic mass is 16.6. The number of carbonyl (C=O) groups excluding carboxylic acids is 2. The lowest BCUT2D eigenvalue weighted by Crippen LogP contribution is -2.28. The lowest BCUT2D eigenvalue weighted by Gasteiger charge is -2.30. The Balaban J connectivity index is 1.81. The predicted molar refractivity (Wildman–Crippen MR) is 58.9 cm³/mol. The Morgan fingerprint density at radius 2 is 2.06 bits per heavy atom. The molecule has 0 radical (unpaired) electrons. The first kappa shape index (κ1) is 11.0. The van der Waals surface area contributed by atoms with Crippen LogP contribution in [0, 0.1) is 23.7 Å². The van der Waals surface area contributed by atoms with Gasteiger partial charge in [0.1, 0.15) is 0 Å². The zero-order valence-electron chi connectivity index (χ0n) is 9.85. The molecule has 4 heteroatoms. The second kappa shape index (κ2) is 3.95. The first-order valence-corrected chi connectivity index (χ1v) is 6.15. The molecule has 0 spiro atoms. The molecule has 4 atom stereocenters. The Morgan fingerprint density at radius 1 is 1.24 bits per heavy atom. The Labute approximate surface area is 100.0 Å². The van der Waals surface area contributed by atoms with Crippen molar-refractivity contribution >= 4 is 11.9 Å². The summed E-state index contributed by atoms with van der Waals surface area (Å²) in [6.07, 6.45) is 3.33. The van der Waals surface area contributed by atoms with Gasteiger partial charge in [-0.3, -0.25) is 9.59 Å². The molecular weight excluding hydrogens is 220 g/mol. The van der Waals surface area contributed by atoms with Crippen LogP contribution < -0.4 is 0 Å². The summed E-state index contributed by atoms with van der Waals surface area (Å²) in [5, 5.41) is 0. The molecule has 17 heavy (non-hydrogen) atoms. The fourth-order valence-electron chi connectivity index (χ4n) is 3.31. The van der Waals surface area contributed by atoms with Crippen molar-refractivity contribution in [2.75, 3.05) is 13.2 Å². The minimum Gasteiger partial charge on any atom is -0.393 e. The summed E-state index contributed by atoms with van der Waals surface area (Å²) in [6, 6.07) is 0. The van der Waals surface area contributed by atoms with Crippen LogP contribution in [0.25, 0.3) is 0 Å². The first-order valence-electron chi connectivity index (χ1n) is 6.15. The van der Waals surface area contributed by atoms with E-state index in [1.54, 1.807) is 0 Å². The van der Waals surface area contributed by atoms with Gasteiger partial charge in [0.15, 0.2) is 0 Å². The molecule has 0 aromatic rings. The van der Waals surface area contributed by atoms with Gasteiger partial charge in [-0.2, -0.15) is 0 Å². The van der Waals surface area contributed by atoms with Gasteiger partial charge >= 0.3 is 11.9 Å². The fraction of sp³-hybridized carbons (Fsp3) is 0.692. The Hall–Kier alpha value is -1.16. The number of allylic oxidation sites excluding steroid dienone is 1. The van der Waals surface area contributed by atoms with Gasteiger partial charge in [0.05, 0.1) is 25.6 Å². The maximum Gasteiger partial charge on any atom is 0.317 e. The van der Waals surface area contributed by atoms with Crippen LogP contribution in [0.4, 0.5) is 0 Å². The minimum absolute atomic E-state index is 0.150. The molecule has 2 fully saturated rings. The van der Waals surface area contributed by atoms with Crippen LogP contribution >= 0.6 is 0 Å². The van der Waals surface area contributed by atoms with Gasteiger partial charge in [-0.1, -0.05) is 11.6 Å². The molecule has 0 aromatic heterocycles. The zero-order valence-corrected chi connectivity index (χ0v) is 9.85. The second-order valence-electron chi connectivity index (χ2n) is 5.32. The van der Waals surface area contributed by atoms with E-state index in [1.165, 1.54) is 5.57 Å². The molecule has 2 aliphatic heterocycles. The lowest BCUT2D eigenvalue weighted by molar-refractivity contribution is -0.153. The Kier molecular flexibility index (Phi) is 2.54. The van der Waals surface area contributed by atoms with Crippen LogP contribution in [0.1, 0.15) is 19.8 Å². The summed E-state index contributed by atoms with van der Waals surface area (Å²) < 4.78 is 10.1. The van der Waals surface area contributed by atoms with Crippen LogP contribution in [0.2, 0.25) is 0 Å². The van der Waals surface area contributed by atoms with Crippen LogP contribution in [0.5, 0.6) is 0 Å². The molecule has 0 aromatic carbocycles. The summed E-state index contributed by atoms with van der Waals surface area (Å²) in [7, 11) is 0. The Bertz CT molecular complexity index is 398. The van der Waals surface area contributed by atoms with E-state index in [0.717, 1.165) is 19.6 Å². The summed E-state index contributed by atoms with van der Waals surface area (Å²) in [5.74, 6) is 0.182. The maximum absolute atomic E-state index is 11.6. The second-order valence-corrected chi connectivity index (χ2v) is 5.32. The largest absolute Gasteiger partial charge is 0.393 e. The van der Waals surface area contributed by atoms with Crippen molar-refractivity contribution in [3.63, 3.8) is 0 Å². The van der Waals surface area contributed by atoms with E-state index >= 15 is 0 Å². The van der Waals surface area contributed by atoms with Crippen molar-refractivity contribution in [1.29, 1.82) is 0 Å². The third-order valence-corrected chi connectivity index (χ3v) is 4.26. The standard InChI is InChI=1S/C13H16O4/c1-7-2-8(3-9-5-16-6-11(7)9)10-4-12(14)17-13(10)15/h2,8-11H,3-6H2,1H3. The number of hydrogen-bond donors (Lipinski definition) is 0. The van der Waals surface area contributed by atoms with Gasteiger partial charge in [0.25, 0.3) is 0 Å². The molecule has 4 unspecified atom stereocenters. The van der Waals surface area contributed by atoms with E-state index in [1.807, 2.05) is 0 Å². The summed E-state index contributed by atoms with van der Waals surface area (Å²) >= 11 is 0. The number of carbonyl (C=O) groups is 2. The van der Waals surface area contributed by atoms with Crippen molar-refractivity contribution in [2.24, 2.45) is 23.7 Å². The van der Waals surface area contributed by atoms with Gasteiger partial charge < -0.3 is 9.47 Å². The van der Waals surface area contributed by atoms with Crippen LogP contribution in [-0.2, 0) is 19.1 Å². The number of ether oxygens (including phenoxy) is 2. The number of fused-ring (bicyclic) bond motifs is 1. The molecular formula is C13H16O4.